The molecule has 1 aliphatic rings. The molecule has 0 atom stereocenters. The molecular weight excluding hydrogens is 331 g/mol. The summed E-state index contributed by atoms with van der Waals surface area (Å²) in [4.78, 5) is 25.2. The van der Waals surface area contributed by atoms with Crippen LogP contribution in [0.1, 0.15) is 52.9 Å². The van der Waals surface area contributed by atoms with Gasteiger partial charge in [0.15, 0.2) is 0 Å². The SMILES string of the molecule is Cc1cc(C)n(C)c(=O)c1C(=O)NCC1(c2ccccc2F)CCCC1. The second-order valence-electron chi connectivity index (χ2n) is 7.36. The molecule has 0 radical (unpaired) electrons. The summed E-state index contributed by atoms with van der Waals surface area (Å²) in [6.45, 7) is 3.94. The third-order valence-electron chi connectivity index (χ3n) is 5.69. The normalized spacial score (nSPS) is 15.8. The lowest BCUT2D eigenvalue weighted by Gasteiger charge is -2.30. The number of hydrogen-bond donors (Lipinski definition) is 1. The van der Waals surface area contributed by atoms with Crippen LogP contribution in [0, 0.1) is 19.7 Å². The lowest BCUT2D eigenvalue weighted by molar-refractivity contribution is 0.0940. The lowest BCUT2D eigenvalue weighted by atomic mass is 9.78. The third-order valence-corrected chi connectivity index (χ3v) is 5.69. The monoisotopic (exact) mass is 356 g/mol. The molecule has 1 aromatic carbocycles. The Morgan fingerprint density at radius 2 is 1.88 bits per heavy atom. The van der Waals surface area contributed by atoms with E-state index in [2.05, 4.69) is 5.32 Å². The quantitative estimate of drug-likeness (QED) is 0.913. The Hall–Kier alpha value is -2.43. The molecule has 0 spiro atoms. The second kappa shape index (κ2) is 7.06. The molecule has 0 unspecified atom stereocenters. The van der Waals surface area contributed by atoms with E-state index in [1.807, 2.05) is 25.1 Å². The molecule has 26 heavy (non-hydrogen) atoms. The molecule has 1 aromatic heterocycles. The zero-order valence-electron chi connectivity index (χ0n) is 15.6. The molecule has 1 amide bonds. The summed E-state index contributed by atoms with van der Waals surface area (Å²) in [5.41, 5.74) is 1.60. The number of benzene rings is 1. The van der Waals surface area contributed by atoms with Crippen LogP contribution in [0.4, 0.5) is 4.39 Å². The number of aryl methyl sites for hydroxylation is 2. The minimum atomic E-state index is -0.398. The number of amides is 1. The van der Waals surface area contributed by atoms with E-state index < -0.39 is 5.41 Å². The maximum absolute atomic E-state index is 14.4. The average Bonchev–Trinajstić information content (AvgIpc) is 3.08. The summed E-state index contributed by atoms with van der Waals surface area (Å²) >= 11 is 0. The van der Waals surface area contributed by atoms with Gasteiger partial charge in [0.25, 0.3) is 11.5 Å². The van der Waals surface area contributed by atoms with E-state index >= 15 is 0 Å². The molecule has 0 aliphatic heterocycles. The maximum Gasteiger partial charge on any atom is 0.263 e. The molecule has 0 saturated heterocycles. The van der Waals surface area contributed by atoms with Crippen molar-refractivity contribution in [1.29, 1.82) is 0 Å². The van der Waals surface area contributed by atoms with Gasteiger partial charge in [-0.1, -0.05) is 31.0 Å². The van der Waals surface area contributed by atoms with E-state index in [1.165, 1.54) is 10.6 Å². The first-order valence-corrected chi connectivity index (χ1v) is 9.06. The van der Waals surface area contributed by atoms with E-state index in [-0.39, 0.29) is 22.8 Å². The van der Waals surface area contributed by atoms with Crippen molar-refractivity contribution in [3.05, 3.63) is 68.9 Å². The van der Waals surface area contributed by atoms with Crippen LogP contribution >= 0.6 is 0 Å². The number of aromatic nitrogens is 1. The van der Waals surface area contributed by atoms with E-state index in [9.17, 15) is 14.0 Å². The van der Waals surface area contributed by atoms with Gasteiger partial charge in [-0.3, -0.25) is 9.59 Å². The zero-order valence-corrected chi connectivity index (χ0v) is 15.6. The topological polar surface area (TPSA) is 51.1 Å². The number of halogens is 1. The van der Waals surface area contributed by atoms with Crippen molar-refractivity contribution in [1.82, 2.24) is 9.88 Å². The third kappa shape index (κ3) is 3.18. The van der Waals surface area contributed by atoms with Gasteiger partial charge in [0.05, 0.1) is 0 Å². The molecule has 1 heterocycles. The Morgan fingerprint density at radius 1 is 1.23 bits per heavy atom. The minimum absolute atomic E-state index is 0.166. The number of pyridine rings is 1. The smallest absolute Gasteiger partial charge is 0.263 e. The predicted molar refractivity (Wildman–Crippen MR) is 100 cm³/mol. The number of rotatable bonds is 4. The first kappa shape index (κ1) is 18.4. The number of carbonyl (C=O) groups is 1. The summed E-state index contributed by atoms with van der Waals surface area (Å²) in [7, 11) is 1.66. The van der Waals surface area contributed by atoms with Gasteiger partial charge in [-0.2, -0.15) is 0 Å². The molecule has 1 saturated carbocycles. The number of nitrogens with zero attached hydrogens (tertiary/aromatic N) is 1. The van der Waals surface area contributed by atoms with Crippen LogP contribution in [0.2, 0.25) is 0 Å². The molecule has 1 fully saturated rings. The highest BCUT2D eigenvalue weighted by Crippen LogP contribution is 2.41. The van der Waals surface area contributed by atoms with Crippen LogP contribution in [0.3, 0.4) is 0 Å². The molecule has 1 N–H and O–H groups in total. The van der Waals surface area contributed by atoms with Crippen molar-refractivity contribution >= 4 is 5.91 Å². The van der Waals surface area contributed by atoms with Crippen molar-refractivity contribution < 1.29 is 9.18 Å². The Kier molecular flexibility index (Phi) is 4.99. The van der Waals surface area contributed by atoms with Gasteiger partial charge >= 0.3 is 0 Å². The highest BCUT2D eigenvalue weighted by atomic mass is 19.1. The number of hydrogen-bond acceptors (Lipinski definition) is 2. The summed E-state index contributed by atoms with van der Waals surface area (Å²) in [6, 6.07) is 8.62. The lowest BCUT2D eigenvalue weighted by Crippen LogP contribution is -2.42. The van der Waals surface area contributed by atoms with Crippen molar-refractivity contribution in [3.8, 4) is 0 Å². The fourth-order valence-corrected chi connectivity index (χ4v) is 4.08. The zero-order chi connectivity index (χ0) is 18.9. The van der Waals surface area contributed by atoms with E-state index in [0.717, 1.165) is 31.4 Å². The predicted octanol–water partition coefficient (Wildman–Crippen LogP) is 3.38. The Labute approximate surface area is 153 Å². The molecule has 138 valence electrons. The summed E-state index contributed by atoms with van der Waals surface area (Å²) in [6.07, 6.45) is 3.68. The van der Waals surface area contributed by atoms with Gasteiger partial charge in [-0.25, -0.2) is 4.39 Å². The molecule has 1 aliphatic carbocycles. The number of nitrogens with one attached hydrogen (secondary N) is 1. The van der Waals surface area contributed by atoms with Crippen LogP contribution in [0.15, 0.2) is 35.1 Å². The van der Waals surface area contributed by atoms with E-state index in [1.54, 1.807) is 20.0 Å². The average molecular weight is 356 g/mol. The Morgan fingerprint density at radius 3 is 2.54 bits per heavy atom. The highest BCUT2D eigenvalue weighted by Gasteiger charge is 2.38. The molecule has 4 nitrogen and oxygen atoms in total. The molecule has 3 rings (SSSR count). The van der Waals surface area contributed by atoms with Crippen LogP contribution < -0.4 is 10.9 Å². The van der Waals surface area contributed by atoms with Gasteiger partial charge < -0.3 is 9.88 Å². The van der Waals surface area contributed by atoms with Crippen LogP contribution in [-0.2, 0) is 12.5 Å². The van der Waals surface area contributed by atoms with Crippen molar-refractivity contribution in [3.63, 3.8) is 0 Å². The summed E-state index contributed by atoms with van der Waals surface area (Å²) in [5, 5.41) is 2.92. The van der Waals surface area contributed by atoms with Crippen molar-refractivity contribution in [2.75, 3.05) is 6.54 Å². The molecule has 2 aromatic rings. The van der Waals surface area contributed by atoms with Crippen LogP contribution in [0.5, 0.6) is 0 Å². The largest absolute Gasteiger partial charge is 0.351 e. The highest BCUT2D eigenvalue weighted by molar-refractivity contribution is 5.95. The first-order valence-electron chi connectivity index (χ1n) is 9.06. The van der Waals surface area contributed by atoms with Gasteiger partial charge in [-0.05, 0) is 49.9 Å². The second-order valence-corrected chi connectivity index (χ2v) is 7.36. The fourth-order valence-electron chi connectivity index (χ4n) is 4.08. The summed E-state index contributed by atoms with van der Waals surface area (Å²) in [5.74, 6) is -0.614. The first-order chi connectivity index (χ1) is 12.4. The fraction of sp³-hybridized carbons (Fsp3) is 0.429. The Balaban J connectivity index is 1.88. The van der Waals surface area contributed by atoms with Gasteiger partial charge in [0.1, 0.15) is 11.4 Å². The van der Waals surface area contributed by atoms with Gasteiger partial charge in [0, 0.05) is 24.7 Å². The number of carbonyl (C=O) groups excluding carboxylic acids is 1. The van der Waals surface area contributed by atoms with Crippen LogP contribution in [-0.4, -0.2) is 17.0 Å². The Bertz CT molecular complexity index is 895. The van der Waals surface area contributed by atoms with Gasteiger partial charge in [0.2, 0.25) is 0 Å². The molecule has 0 bridgehead atoms. The van der Waals surface area contributed by atoms with Crippen molar-refractivity contribution in [2.24, 2.45) is 7.05 Å². The standard InChI is InChI=1S/C21H25FN2O2/c1-14-12-15(2)24(3)20(26)18(14)19(25)23-13-21(10-6-7-11-21)16-8-4-5-9-17(16)22/h4-5,8-9,12H,6-7,10-11,13H2,1-3H3,(H,23,25). The molecule has 5 heteroatoms. The minimum Gasteiger partial charge on any atom is -0.351 e. The maximum atomic E-state index is 14.4. The van der Waals surface area contributed by atoms with E-state index in [0.29, 0.717) is 17.7 Å². The van der Waals surface area contributed by atoms with Crippen molar-refractivity contribution in [2.45, 2.75) is 44.9 Å². The van der Waals surface area contributed by atoms with Crippen LogP contribution in [0.25, 0.3) is 0 Å². The molecular formula is C21H25FN2O2. The van der Waals surface area contributed by atoms with E-state index in [4.69, 9.17) is 0 Å². The summed E-state index contributed by atoms with van der Waals surface area (Å²) < 4.78 is 15.9. The van der Waals surface area contributed by atoms with Gasteiger partial charge in [-0.15, -0.1) is 0 Å².